The Labute approximate surface area is 102 Å². The summed E-state index contributed by atoms with van der Waals surface area (Å²) in [7, 11) is -3.68. The molecule has 0 aliphatic heterocycles. The number of aliphatic hydroxyl groups is 1. The van der Waals surface area contributed by atoms with Crippen molar-refractivity contribution in [2.75, 3.05) is 12.9 Å². The summed E-state index contributed by atoms with van der Waals surface area (Å²) in [5.41, 5.74) is -1.35. The molecule has 2 N–H and O–H groups in total. The first-order valence-corrected chi connectivity index (χ1v) is 7.27. The van der Waals surface area contributed by atoms with Crippen LogP contribution < -0.4 is 0 Å². The number of carbonyl (C=O) groups is 1. The second-order valence-corrected chi connectivity index (χ2v) is 5.71. The molecule has 0 rings (SSSR count). The van der Waals surface area contributed by atoms with E-state index in [0.717, 1.165) is 6.26 Å². The van der Waals surface area contributed by atoms with Gasteiger partial charge in [-0.05, 0) is 12.8 Å². The average molecular weight is 268 g/mol. The standard InChI is InChI=1S/C10H20O6S/c1-4-6-10(5-2,9(12)13)8(11)7-16-17(3,14)15/h8,11H,4-7H2,1-3H3,(H,12,13). The number of carboxylic acid groups (broad SMARTS) is 1. The first-order valence-electron chi connectivity index (χ1n) is 5.45. The summed E-state index contributed by atoms with van der Waals surface area (Å²) in [6, 6.07) is 0. The maximum Gasteiger partial charge on any atom is 0.312 e. The minimum atomic E-state index is -3.68. The maximum absolute atomic E-state index is 11.2. The Morgan fingerprint density at radius 2 is 1.94 bits per heavy atom. The molecule has 0 heterocycles. The van der Waals surface area contributed by atoms with Crippen LogP contribution in [0.25, 0.3) is 0 Å². The Morgan fingerprint density at radius 1 is 1.41 bits per heavy atom. The summed E-state index contributed by atoms with van der Waals surface area (Å²) >= 11 is 0. The van der Waals surface area contributed by atoms with E-state index >= 15 is 0 Å². The highest BCUT2D eigenvalue weighted by Gasteiger charge is 2.43. The van der Waals surface area contributed by atoms with Crippen molar-refractivity contribution in [3.63, 3.8) is 0 Å². The molecule has 7 heteroatoms. The van der Waals surface area contributed by atoms with Gasteiger partial charge in [0.15, 0.2) is 0 Å². The predicted octanol–water partition coefficient (Wildman–Crippen LogP) is 0.605. The minimum absolute atomic E-state index is 0.213. The predicted molar refractivity (Wildman–Crippen MR) is 62.1 cm³/mol. The van der Waals surface area contributed by atoms with E-state index in [-0.39, 0.29) is 12.8 Å². The first-order chi connectivity index (χ1) is 7.69. The van der Waals surface area contributed by atoms with Crippen molar-refractivity contribution in [2.24, 2.45) is 5.41 Å². The molecular formula is C10H20O6S. The van der Waals surface area contributed by atoms with Gasteiger partial charge in [-0.25, -0.2) is 0 Å². The molecule has 0 aliphatic carbocycles. The molecule has 6 nitrogen and oxygen atoms in total. The lowest BCUT2D eigenvalue weighted by Crippen LogP contribution is -2.44. The molecule has 0 aromatic rings. The Hall–Kier alpha value is -0.660. The van der Waals surface area contributed by atoms with Gasteiger partial charge in [0, 0.05) is 0 Å². The highest BCUT2D eigenvalue weighted by atomic mass is 32.2. The van der Waals surface area contributed by atoms with Crippen LogP contribution in [0, 0.1) is 5.41 Å². The maximum atomic E-state index is 11.2. The molecule has 0 radical (unpaired) electrons. The molecule has 0 aromatic heterocycles. The van der Waals surface area contributed by atoms with Crippen molar-refractivity contribution in [3.8, 4) is 0 Å². The average Bonchev–Trinajstić information content (AvgIpc) is 2.21. The van der Waals surface area contributed by atoms with Gasteiger partial charge in [-0.2, -0.15) is 8.42 Å². The van der Waals surface area contributed by atoms with E-state index in [1.54, 1.807) is 13.8 Å². The molecule has 0 bridgehead atoms. The van der Waals surface area contributed by atoms with Crippen molar-refractivity contribution in [1.29, 1.82) is 0 Å². The van der Waals surface area contributed by atoms with Gasteiger partial charge in [-0.3, -0.25) is 8.98 Å². The summed E-state index contributed by atoms with van der Waals surface area (Å²) in [6.45, 7) is 2.92. The van der Waals surface area contributed by atoms with Gasteiger partial charge in [0.25, 0.3) is 10.1 Å². The van der Waals surface area contributed by atoms with Crippen LogP contribution in [0.1, 0.15) is 33.1 Å². The third kappa shape index (κ3) is 4.61. The smallest absolute Gasteiger partial charge is 0.312 e. The normalized spacial score (nSPS) is 17.4. The van der Waals surface area contributed by atoms with E-state index in [4.69, 9.17) is 0 Å². The SMILES string of the molecule is CCCC(CC)(C(=O)O)C(O)COS(C)(=O)=O. The van der Waals surface area contributed by atoms with Crippen LogP contribution in [-0.2, 0) is 19.1 Å². The van der Waals surface area contributed by atoms with Gasteiger partial charge in [-0.1, -0.05) is 20.3 Å². The number of carboxylic acids is 1. The third-order valence-electron chi connectivity index (χ3n) is 2.83. The molecule has 0 amide bonds. The zero-order valence-corrected chi connectivity index (χ0v) is 11.2. The van der Waals surface area contributed by atoms with Gasteiger partial charge in [0.1, 0.15) is 0 Å². The molecule has 0 aromatic carbocycles. The van der Waals surface area contributed by atoms with E-state index in [0.29, 0.717) is 6.42 Å². The molecule has 0 spiro atoms. The second kappa shape index (κ2) is 6.32. The van der Waals surface area contributed by atoms with E-state index < -0.39 is 34.2 Å². The quantitative estimate of drug-likeness (QED) is 0.625. The van der Waals surface area contributed by atoms with Crippen LogP contribution in [-0.4, -0.2) is 43.6 Å². The van der Waals surface area contributed by atoms with Crippen molar-refractivity contribution < 1.29 is 27.6 Å². The largest absolute Gasteiger partial charge is 0.481 e. The molecule has 0 saturated carbocycles. The second-order valence-electron chi connectivity index (χ2n) is 4.07. The monoisotopic (exact) mass is 268 g/mol. The number of rotatable bonds is 8. The lowest BCUT2D eigenvalue weighted by atomic mass is 9.76. The molecule has 17 heavy (non-hydrogen) atoms. The summed E-state index contributed by atoms with van der Waals surface area (Å²) in [4.78, 5) is 11.2. The van der Waals surface area contributed by atoms with Crippen LogP contribution in [0.15, 0.2) is 0 Å². The van der Waals surface area contributed by atoms with Crippen LogP contribution >= 0.6 is 0 Å². The Bertz CT molecular complexity index is 350. The Morgan fingerprint density at radius 3 is 2.24 bits per heavy atom. The Kier molecular flexibility index (Phi) is 6.08. The molecule has 2 atom stereocenters. The van der Waals surface area contributed by atoms with Crippen molar-refractivity contribution in [3.05, 3.63) is 0 Å². The van der Waals surface area contributed by atoms with Gasteiger partial charge in [-0.15, -0.1) is 0 Å². The van der Waals surface area contributed by atoms with E-state index in [9.17, 15) is 23.4 Å². The van der Waals surface area contributed by atoms with E-state index in [1.807, 2.05) is 0 Å². The fourth-order valence-electron chi connectivity index (χ4n) is 1.77. The summed E-state index contributed by atoms with van der Waals surface area (Å²) in [6.07, 6.45) is 0.571. The van der Waals surface area contributed by atoms with Crippen molar-refractivity contribution >= 4 is 16.1 Å². The molecule has 2 unspecified atom stereocenters. The van der Waals surface area contributed by atoms with Crippen LogP contribution in [0.3, 0.4) is 0 Å². The van der Waals surface area contributed by atoms with E-state index in [2.05, 4.69) is 4.18 Å². The van der Waals surface area contributed by atoms with Crippen LogP contribution in [0.5, 0.6) is 0 Å². The van der Waals surface area contributed by atoms with Crippen molar-refractivity contribution in [1.82, 2.24) is 0 Å². The highest BCUT2D eigenvalue weighted by molar-refractivity contribution is 7.85. The number of aliphatic carboxylic acids is 1. The summed E-state index contributed by atoms with van der Waals surface area (Å²) in [5.74, 6) is -1.13. The zero-order valence-electron chi connectivity index (χ0n) is 10.3. The molecule has 0 aliphatic rings. The summed E-state index contributed by atoms with van der Waals surface area (Å²) < 4.78 is 26.1. The highest BCUT2D eigenvalue weighted by Crippen LogP contribution is 2.33. The van der Waals surface area contributed by atoms with Gasteiger partial charge in [0.2, 0.25) is 0 Å². The first kappa shape index (κ1) is 16.3. The van der Waals surface area contributed by atoms with Crippen molar-refractivity contribution in [2.45, 2.75) is 39.2 Å². The lowest BCUT2D eigenvalue weighted by Gasteiger charge is -2.32. The molecule has 0 fully saturated rings. The number of aliphatic hydroxyl groups excluding tert-OH is 1. The fourth-order valence-corrected chi connectivity index (χ4v) is 2.15. The fraction of sp³-hybridized carbons (Fsp3) is 0.900. The topological polar surface area (TPSA) is 101 Å². The summed E-state index contributed by atoms with van der Waals surface area (Å²) in [5, 5.41) is 19.0. The van der Waals surface area contributed by atoms with Gasteiger partial charge < -0.3 is 10.2 Å². The van der Waals surface area contributed by atoms with Crippen LogP contribution in [0.4, 0.5) is 0 Å². The molecular weight excluding hydrogens is 248 g/mol. The van der Waals surface area contributed by atoms with Gasteiger partial charge in [0.05, 0.1) is 24.4 Å². The van der Waals surface area contributed by atoms with Crippen LogP contribution in [0.2, 0.25) is 0 Å². The van der Waals surface area contributed by atoms with E-state index in [1.165, 1.54) is 0 Å². The van der Waals surface area contributed by atoms with Gasteiger partial charge >= 0.3 is 5.97 Å². The number of hydrogen-bond donors (Lipinski definition) is 2. The third-order valence-corrected chi connectivity index (χ3v) is 3.40. The zero-order chi connectivity index (χ0) is 13.7. The number of hydrogen-bond acceptors (Lipinski definition) is 5. The minimum Gasteiger partial charge on any atom is -0.481 e. The molecule has 102 valence electrons. The lowest BCUT2D eigenvalue weighted by molar-refractivity contribution is -0.159. The Balaban J connectivity index is 4.86. The molecule has 0 saturated heterocycles.